The monoisotopic (exact) mass is 232 g/mol. The molecule has 2 atom stereocenters. The number of piperazine rings is 1. The highest BCUT2D eigenvalue weighted by Gasteiger charge is 2.23. The molecule has 2 aromatic rings. The molecular formula is C11H16N6. The third-order valence-corrected chi connectivity index (χ3v) is 3.05. The van der Waals surface area contributed by atoms with Crippen molar-refractivity contribution in [2.24, 2.45) is 0 Å². The Balaban J connectivity index is 2.00. The van der Waals surface area contributed by atoms with Crippen LogP contribution >= 0.6 is 0 Å². The van der Waals surface area contributed by atoms with Crippen LogP contribution < -0.4 is 10.2 Å². The van der Waals surface area contributed by atoms with E-state index in [1.165, 1.54) is 0 Å². The predicted molar refractivity (Wildman–Crippen MR) is 65.1 cm³/mol. The van der Waals surface area contributed by atoms with Crippen LogP contribution in [0.5, 0.6) is 0 Å². The van der Waals surface area contributed by atoms with Gasteiger partial charge in [-0.05, 0) is 13.8 Å². The minimum atomic E-state index is 0.462. The smallest absolute Gasteiger partial charge is 0.203 e. The average Bonchev–Trinajstić information content (AvgIpc) is 2.75. The van der Waals surface area contributed by atoms with Crippen LogP contribution in [0.1, 0.15) is 13.8 Å². The Labute approximate surface area is 99.7 Å². The molecule has 0 aliphatic carbocycles. The molecule has 2 aromatic heterocycles. The molecule has 6 heteroatoms. The van der Waals surface area contributed by atoms with Gasteiger partial charge in [-0.15, -0.1) is 10.2 Å². The van der Waals surface area contributed by atoms with E-state index in [9.17, 15) is 0 Å². The lowest BCUT2D eigenvalue weighted by Crippen LogP contribution is -2.54. The van der Waals surface area contributed by atoms with Crippen molar-refractivity contribution in [1.29, 1.82) is 0 Å². The summed E-state index contributed by atoms with van der Waals surface area (Å²) >= 11 is 0. The summed E-state index contributed by atoms with van der Waals surface area (Å²) in [5.41, 5.74) is 0.828. The van der Waals surface area contributed by atoms with Crippen LogP contribution in [-0.4, -0.2) is 44.8 Å². The van der Waals surface area contributed by atoms with Crippen molar-refractivity contribution in [2.45, 2.75) is 25.9 Å². The van der Waals surface area contributed by atoms with Gasteiger partial charge < -0.3 is 10.2 Å². The van der Waals surface area contributed by atoms with Crippen molar-refractivity contribution < 1.29 is 0 Å². The second kappa shape index (κ2) is 3.96. The number of anilines is 1. The third-order valence-electron chi connectivity index (χ3n) is 3.05. The van der Waals surface area contributed by atoms with Gasteiger partial charge in [-0.2, -0.15) is 0 Å². The number of rotatable bonds is 1. The van der Waals surface area contributed by atoms with Gasteiger partial charge in [0, 0.05) is 37.6 Å². The van der Waals surface area contributed by atoms with Gasteiger partial charge in [0.05, 0.1) is 0 Å². The maximum absolute atomic E-state index is 4.45. The van der Waals surface area contributed by atoms with E-state index in [4.69, 9.17) is 0 Å². The molecule has 90 valence electrons. The first-order chi connectivity index (χ1) is 8.24. The first-order valence-electron chi connectivity index (χ1n) is 5.89. The average molecular weight is 232 g/mol. The van der Waals surface area contributed by atoms with Crippen molar-refractivity contribution in [3.8, 4) is 0 Å². The maximum Gasteiger partial charge on any atom is 0.203 e. The molecule has 6 nitrogen and oxygen atoms in total. The second-order valence-corrected chi connectivity index (χ2v) is 4.69. The van der Waals surface area contributed by atoms with Crippen LogP contribution in [0, 0.1) is 0 Å². The highest BCUT2D eigenvalue weighted by Crippen LogP contribution is 2.18. The molecule has 2 unspecified atom stereocenters. The van der Waals surface area contributed by atoms with Gasteiger partial charge in [0.25, 0.3) is 0 Å². The van der Waals surface area contributed by atoms with Crippen molar-refractivity contribution in [3.05, 3.63) is 18.7 Å². The molecule has 0 saturated carbocycles. The number of fused-ring (bicyclic) bond motifs is 1. The zero-order valence-corrected chi connectivity index (χ0v) is 10.0. The minimum Gasteiger partial charge on any atom is -0.350 e. The lowest BCUT2D eigenvalue weighted by Gasteiger charge is -2.36. The summed E-state index contributed by atoms with van der Waals surface area (Å²) < 4.78 is 1.90. The summed E-state index contributed by atoms with van der Waals surface area (Å²) in [6, 6.07) is 0.924. The van der Waals surface area contributed by atoms with Crippen LogP contribution in [0.2, 0.25) is 0 Å². The predicted octanol–water partition coefficient (Wildman–Crippen LogP) is 0.311. The van der Waals surface area contributed by atoms with E-state index in [2.05, 4.69) is 39.2 Å². The van der Waals surface area contributed by atoms with Gasteiger partial charge in [0.2, 0.25) is 5.65 Å². The fraction of sp³-hybridized carbons (Fsp3) is 0.545. The Morgan fingerprint density at radius 2 is 2.06 bits per heavy atom. The highest BCUT2D eigenvalue weighted by atomic mass is 15.3. The first kappa shape index (κ1) is 10.5. The maximum atomic E-state index is 4.45. The van der Waals surface area contributed by atoms with Gasteiger partial charge in [-0.3, -0.25) is 4.40 Å². The molecule has 0 amide bonds. The number of hydrogen-bond acceptors (Lipinski definition) is 5. The molecule has 1 saturated heterocycles. The van der Waals surface area contributed by atoms with E-state index in [1.54, 1.807) is 12.5 Å². The standard InChI is InChI=1S/C11H16N6/c1-8-5-17(6-9(2)14-8)10-11-15-13-7-16(11)4-3-12-10/h3-4,7-9,14H,5-6H2,1-2H3. The lowest BCUT2D eigenvalue weighted by atomic mass is 10.1. The van der Waals surface area contributed by atoms with Gasteiger partial charge >= 0.3 is 0 Å². The molecule has 3 heterocycles. The lowest BCUT2D eigenvalue weighted by molar-refractivity contribution is 0.405. The van der Waals surface area contributed by atoms with Crippen LogP contribution in [0.25, 0.3) is 5.65 Å². The van der Waals surface area contributed by atoms with Gasteiger partial charge in [-0.25, -0.2) is 4.98 Å². The van der Waals surface area contributed by atoms with Gasteiger partial charge in [0.1, 0.15) is 6.33 Å². The molecular weight excluding hydrogens is 216 g/mol. The summed E-state index contributed by atoms with van der Waals surface area (Å²) in [5, 5.41) is 11.6. The molecule has 0 spiro atoms. The fourth-order valence-corrected chi connectivity index (χ4v) is 2.47. The van der Waals surface area contributed by atoms with E-state index in [0.717, 1.165) is 24.6 Å². The summed E-state index contributed by atoms with van der Waals surface area (Å²) in [6.07, 6.45) is 5.37. The molecule has 0 aromatic carbocycles. The fourth-order valence-electron chi connectivity index (χ4n) is 2.47. The van der Waals surface area contributed by atoms with E-state index in [0.29, 0.717) is 12.1 Å². The van der Waals surface area contributed by atoms with E-state index in [-0.39, 0.29) is 0 Å². The zero-order chi connectivity index (χ0) is 11.8. The minimum absolute atomic E-state index is 0.462. The van der Waals surface area contributed by atoms with Crippen LogP contribution in [0.3, 0.4) is 0 Å². The van der Waals surface area contributed by atoms with Crippen molar-refractivity contribution in [1.82, 2.24) is 24.9 Å². The number of nitrogens with zero attached hydrogens (tertiary/aromatic N) is 5. The molecule has 3 rings (SSSR count). The summed E-state index contributed by atoms with van der Waals surface area (Å²) in [5.74, 6) is 0.921. The topological polar surface area (TPSA) is 58.4 Å². The molecule has 1 fully saturated rings. The van der Waals surface area contributed by atoms with Crippen LogP contribution in [0.15, 0.2) is 18.7 Å². The molecule has 1 aliphatic heterocycles. The van der Waals surface area contributed by atoms with Crippen LogP contribution in [0.4, 0.5) is 5.82 Å². The summed E-state index contributed by atoms with van der Waals surface area (Å²) in [7, 11) is 0. The largest absolute Gasteiger partial charge is 0.350 e. The Hall–Kier alpha value is -1.69. The molecule has 17 heavy (non-hydrogen) atoms. The SMILES string of the molecule is CC1CN(c2nccn3cnnc23)CC(C)N1. The highest BCUT2D eigenvalue weighted by molar-refractivity contribution is 5.63. The Kier molecular flexibility index (Phi) is 2.44. The third kappa shape index (κ3) is 1.84. The van der Waals surface area contributed by atoms with E-state index >= 15 is 0 Å². The van der Waals surface area contributed by atoms with Crippen LogP contribution in [-0.2, 0) is 0 Å². The zero-order valence-electron chi connectivity index (χ0n) is 10.0. The molecule has 1 aliphatic rings. The van der Waals surface area contributed by atoms with Gasteiger partial charge in [-0.1, -0.05) is 0 Å². The van der Waals surface area contributed by atoms with Crippen molar-refractivity contribution in [2.75, 3.05) is 18.0 Å². The summed E-state index contributed by atoms with van der Waals surface area (Å²) in [4.78, 5) is 6.72. The molecule has 0 radical (unpaired) electrons. The van der Waals surface area contributed by atoms with E-state index < -0.39 is 0 Å². The van der Waals surface area contributed by atoms with Crippen molar-refractivity contribution in [3.63, 3.8) is 0 Å². The Bertz CT molecular complexity index is 511. The Morgan fingerprint density at radius 1 is 1.29 bits per heavy atom. The number of nitrogens with one attached hydrogen (secondary N) is 1. The number of aromatic nitrogens is 4. The molecule has 1 N–H and O–H groups in total. The Morgan fingerprint density at radius 3 is 2.82 bits per heavy atom. The quantitative estimate of drug-likeness (QED) is 0.767. The molecule has 0 bridgehead atoms. The van der Waals surface area contributed by atoms with Gasteiger partial charge in [0.15, 0.2) is 5.82 Å². The first-order valence-corrected chi connectivity index (χ1v) is 5.89. The van der Waals surface area contributed by atoms with E-state index in [1.807, 2.05) is 10.6 Å². The van der Waals surface area contributed by atoms with Crippen molar-refractivity contribution >= 4 is 11.5 Å². The number of hydrogen-bond donors (Lipinski definition) is 1. The second-order valence-electron chi connectivity index (χ2n) is 4.69. The normalized spacial score (nSPS) is 25.4. The summed E-state index contributed by atoms with van der Waals surface area (Å²) in [6.45, 7) is 6.27.